The maximum Gasteiger partial charge on any atom is 0.0833 e. The molecule has 11 heavy (non-hydrogen) atoms. The van der Waals surface area contributed by atoms with E-state index in [1.165, 1.54) is 0 Å². The molecule has 2 atom stereocenters. The zero-order valence-corrected chi connectivity index (χ0v) is 7.45. The molecule has 0 spiro atoms. The molecule has 0 saturated carbocycles. The second-order valence-corrected chi connectivity index (χ2v) is 2.51. The van der Waals surface area contributed by atoms with Crippen LogP contribution in [0.5, 0.6) is 0 Å². The van der Waals surface area contributed by atoms with Crippen molar-refractivity contribution in [3.8, 4) is 0 Å². The molecule has 0 aromatic carbocycles. The number of hydrogen-bond donors (Lipinski definition) is 1. The molecule has 2 nitrogen and oxygen atoms in total. The van der Waals surface area contributed by atoms with Gasteiger partial charge in [-0.15, -0.1) is 0 Å². The van der Waals surface area contributed by atoms with Crippen molar-refractivity contribution >= 4 is 0 Å². The van der Waals surface area contributed by atoms with Crippen LogP contribution in [0.3, 0.4) is 0 Å². The van der Waals surface area contributed by atoms with Crippen molar-refractivity contribution in [2.75, 3.05) is 7.11 Å². The van der Waals surface area contributed by atoms with Crippen LogP contribution in [0.4, 0.5) is 0 Å². The van der Waals surface area contributed by atoms with Gasteiger partial charge in [0.25, 0.3) is 0 Å². The Labute approximate surface area is 68.9 Å². The molecular weight excluding hydrogens is 140 g/mol. The SMILES string of the molecule is C[CH]/C=C/CC(O)C(C)OC. The van der Waals surface area contributed by atoms with E-state index in [4.69, 9.17) is 4.74 Å². The fourth-order valence-corrected chi connectivity index (χ4v) is 0.703. The molecule has 0 aliphatic heterocycles. The average molecular weight is 157 g/mol. The molecule has 0 rings (SSSR count). The number of aliphatic hydroxyl groups is 1. The third-order valence-electron chi connectivity index (χ3n) is 1.62. The Morgan fingerprint density at radius 3 is 2.64 bits per heavy atom. The summed E-state index contributed by atoms with van der Waals surface area (Å²) in [5, 5.41) is 9.35. The summed E-state index contributed by atoms with van der Waals surface area (Å²) in [6, 6.07) is 0. The molecule has 0 aliphatic carbocycles. The van der Waals surface area contributed by atoms with Gasteiger partial charge in [0.05, 0.1) is 12.2 Å². The van der Waals surface area contributed by atoms with Crippen LogP contribution in [0.2, 0.25) is 0 Å². The summed E-state index contributed by atoms with van der Waals surface area (Å²) in [6.45, 7) is 3.80. The molecular formula is C9H17O2. The Balaban J connectivity index is 3.50. The Kier molecular flexibility index (Phi) is 6.18. The van der Waals surface area contributed by atoms with Gasteiger partial charge in [-0.05, 0) is 19.8 Å². The maximum atomic E-state index is 9.35. The first-order valence-corrected chi connectivity index (χ1v) is 3.87. The molecule has 2 heteroatoms. The zero-order valence-electron chi connectivity index (χ0n) is 7.45. The van der Waals surface area contributed by atoms with E-state index >= 15 is 0 Å². The van der Waals surface area contributed by atoms with Crippen LogP contribution in [0.25, 0.3) is 0 Å². The second kappa shape index (κ2) is 6.38. The quantitative estimate of drug-likeness (QED) is 0.656. The van der Waals surface area contributed by atoms with E-state index in [9.17, 15) is 5.11 Å². The van der Waals surface area contributed by atoms with E-state index in [1.807, 2.05) is 32.4 Å². The number of allylic oxidation sites excluding steroid dienone is 1. The molecule has 0 saturated heterocycles. The lowest BCUT2D eigenvalue weighted by Gasteiger charge is -2.14. The van der Waals surface area contributed by atoms with Gasteiger partial charge < -0.3 is 9.84 Å². The lowest BCUT2D eigenvalue weighted by molar-refractivity contribution is 0.00175. The minimum atomic E-state index is -0.392. The summed E-state index contributed by atoms with van der Waals surface area (Å²) in [4.78, 5) is 0. The summed E-state index contributed by atoms with van der Waals surface area (Å²) in [5.41, 5.74) is 0. The molecule has 65 valence electrons. The smallest absolute Gasteiger partial charge is 0.0833 e. The Morgan fingerprint density at radius 2 is 2.18 bits per heavy atom. The first-order chi connectivity index (χ1) is 5.22. The van der Waals surface area contributed by atoms with Crippen molar-refractivity contribution in [3.05, 3.63) is 18.6 Å². The molecule has 0 heterocycles. The van der Waals surface area contributed by atoms with Crippen LogP contribution in [0, 0.1) is 6.42 Å². The van der Waals surface area contributed by atoms with E-state index in [1.54, 1.807) is 7.11 Å². The highest BCUT2D eigenvalue weighted by Crippen LogP contribution is 2.02. The Hall–Kier alpha value is -0.340. The van der Waals surface area contributed by atoms with Gasteiger partial charge in [0.15, 0.2) is 0 Å². The van der Waals surface area contributed by atoms with Crippen molar-refractivity contribution in [1.82, 2.24) is 0 Å². The predicted molar refractivity (Wildman–Crippen MR) is 46.2 cm³/mol. The minimum absolute atomic E-state index is 0.0866. The minimum Gasteiger partial charge on any atom is -0.390 e. The van der Waals surface area contributed by atoms with E-state index in [0.29, 0.717) is 6.42 Å². The van der Waals surface area contributed by atoms with Gasteiger partial charge in [-0.25, -0.2) is 0 Å². The third-order valence-corrected chi connectivity index (χ3v) is 1.62. The van der Waals surface area contributed by atoms with Gasteiger partial charge in [-0.2, -0.15) is 0 Å². The van der Waals surface area contributed by atoms with E-state index in [-0.39, 0.29) is 6.10 Å². The highest BCUT2D eigenvalue weighted by molar-refractivity contribution is 4.93. The van der Waals surface area contributed by atoms with Crippen molar-refractivity contribution in [3.63, 3.8) is 0 Å². The predicted octanol–water partition coefficient (Wildman–Crippen LogP) is 1.55. The van der Waals surface area contributed by atoms with Crippen LogP contribution < -0.4 is 0 Å². The van der Waals surface area contributed by atoms with Crippen molar-refractivity contribution in [2.24, 2.45) is 0 Å². The van der Waals surface area contributed by atoms with Gasteiger partial charge >= 0.3 is 0 Å². The van der Waals surface area contributed by atoms with Crippen LogP contribution in [-0.2, 0) is 4.74 Å². The summed E-state index contributed by atoms with van der Waals surface area (Å²) >= 11 is 0. The van der Waals surface area contributed by atoms with Crippen LogP contribution in [-0.4, -0.2) is 24.4 Å². The molecule has 1 radical (unpaired) electrons. The second-order valence-electron chi connectivity index (χ2n) is 2.51. The fraction of sp³-hybridized carbons (Fsp3) is 0.667. The standard InChI is InChI=1S/C9H17O2/c1-4-5-6-7-9(10)8(2)11-3/h4-6,8-10H,7H2,1-3H3/b6-5+. The lowest BCUT2D eigenvalue weighted by Crippen LogP contribution is -2.23. The number of aliphatic hydroxyl groups excluding tert-OH is 1. The van der Waals surface area contributed by atoms with E-state index in [0.717, 1.165) is 0 Å². The summed E-state index contributed by atoms with van der Waals surface area (Å²) < 4.78 is 4.95. The molecule has 0 aromatic heterocycles. The number of ether oxygens (including phenoxy) is 1. The van der Waals surface area contributed by atoms with Crippen molar-refractivity contribution in [2.45, 2.75) is 32.5 Å². The molecule has 0 bridgehead atoms. The van der Waals surface area contributed by atoms with Gasteiger partial charge in [0.1, 0.15) is 0 Å². The Morgan fingerprint density at radius 1 is 1.55 bits per heavy atom. The zero-order chi connectivity index (χ0) is 8.69. The van der Waals surface area contributed by atoms with Crippen molar-refractivity contribution < 1.29 is 9.84 Å². The Bertz CT molecular complexity index is 110. The fourth-order valence-electron chi connectivity index (χ4n) is 0.703. The topological polar surface area (TPSA) is 29.5 Å². The number of methoxy groups -OCH3 is 1. The molecule has 0 aromatic rings. The van der Waals surface area contributed by atoms with E-state index < -0.39 is 6.10 Å². The highest BCUT2D eigenvalue weighted by Gasteiger charge is 2.10. The third kappa shape index (κ3) is 4.99. The lowest BCUT2D eigenvalue weighted by atomic mass is 10.1. The summed E-state index contributed by atoms with van der Waals surface area (Å²) in [5.74, 6) is 0. The summed E-state index contributed by atoms with van der Waals surface area (Å²) in [6.07, 6.45) is 5.96. The normalized spacial score (nSPS) is 17.1. The molecule has 1 N–H and O–H groups in total. The van der Waals surface area contributed by atoms with Crippen LogP contribution in [0.1, 0.15) is 20.3 Å². The van der Waals surface area contributed by atoms with Gasteiger partial charge in [-0.1, -0.05) is 19.1 Å². The summed E-state index contributed by atoms with van der Waals surface area (Å²) in [7, 11) is 1.60. The van der Waals surface area contributed by atoms with Crippen LogP contribution in [0.15, 0.2) is 12.2 Å². The monoisotopic (exact) mass is 157 g/mol. The first kappa shape index (κ1) is 10.7. The van der Waals surface area contributed by atoms with Crippen molar-refractivity contribution in [1.29, 1.82) is 0 Å². The highest BCUT2D eigenvalue weighted by atomic mass is 16.5. The average Bonchev–Trinajstić information content (AvgIpc) is 2.03. The molecule has 0 amide bonds. The molecule has 0 fully saturated rings. The first-order valence-electron chi connectivity index (χ1n) is 3.87. The van der Waals surface area contributed by atoms with Gasteiger partial charge in [-0.3, -0.25) is 0 Å². The van der Waals surface area contributed by atoms with E-state index in [2.05, 4.69) is 0 Å². The van der Waals surface area contributed by atoms with Gasteiger partial charge in [0.2, 0.25) is 0 Å². The molecule has 0 aliphatic rings. The van der Waals surface area contributed by atoms with Gasteiger partial charge in [0, 0.05) is 7.11 Å². The largest absolute Gasteiger partial charge is 0.390 e. The van der Waals surface area contributed by atoms with Crippen LogP contribution >= 0.6 is 0 Å². The molecule has 2 unspecified atom stereocenters. The number of rotatable bonds is 5. The number of hydrogen-bond acceptors (Lipinski definition) is 2. The maximum absolute atomic E-state index is 9.35.